The fourth-order valence-electron chi connectivity index (χ4n) is 3.06. The number of halogens is 1. The SMILES string of the molecule is CCN(CC)S(=O)(=O)c1ccc(Cl)c(C(=O)NCCN(C(C)C)C(C)C)c1. The van der Waals surface area contributed by atoms with Crippen molar-refractivity contribution in [2.45, 2.75) is 58.5 Å². The van der Waals surface area contributed by atoms with Crippen LogP contribution in [-0.4, -0.2) is 61.8 Å². The fourth-order valence-corrected chi connectivity index (χ4v) is 4.75. The van der Waals surface area contributed by atoms with Gasteiger partial charge in [0.05, 0.1) is 15.5 Å². The Balaban J connectivity index is 2.95. The molecule has 154 valence electrons. The van der Waals surface area contributed by atoms with Crippen LogP contribution in [-0.2, 0) is 10.0 Å². The largest absolute Gasteiger partial charge is 0.351 e. The van der Waals surface area contributed by atoms with E-state index in [4.69, 9.17) is 11.6 Å². The molecule has 0 atom stereocenters. The van der Waals surface area contributed by atoms with E-state index in [0.717, 1.165) is 0 Å². The second-order valence-electron chi connectivity index (χ2n) is 6.91. The molecule has 0 radical (unpaired) electrons. The highest BCUT2D eigenvalue weighted by Gasteiger charge is 2.24. The Morgan fingerprint density at radius 3 is 2.15 bits per heavy atom. The number of carbonyl (C=O) groups is 1. The molecule has 0 fully saturated rings. The number of hydrogen-bond donors (Lipinski definition) is 1. The van der Waals surface area contributed by atoms with E-state index in [1.54, 1.807) is 13.8 Å². The first-order valence-corrected chi connectivity index (χ1v) is 11.2. The lowest BCUT2D eigenvalue weighted by atomic mass is 10.2. The van der Waals surface area contributed by atoms with Gasteiger partial charge in [0.15, 0.2) is 0 Å². The summed E-state index contributed by atoms with van der Waals surface area (Å²) in [6, 6.07) is 4.99. The smallest absolute Gasteiger partial charge is 0.252 e. The minimum absolute atomic E-state index is 0.0757. The highest BCUT2D eigenvalue weighted by Crippen LogP contribution is 2.23. The average Bonchev–Trinajstić information content (AvgIpc) is 2.58. The molecule has 0 aliphatic heterocycles. The molecule has 0 aliphatic rings. The third-order valence-corrected chi connectivity index (χ3v) is 6.88. The Kier molecular flexibility index (Phi) is 9.21. The molecule has 0 heterocycles. The third-order valence-electron chi connectivity index (χ3n) is 4.51. The van der Waals surface area contributed by atoms with Crippen molar-refractivity contribution in [1.29, 1.82) is 0 Å². The maximum absolute atomic E-state index is 12.7. The molecule has 6 nitrogen and oxygen atoms in total. The second-order valence-corrected chi connectivity index (χ2v) is 9.26. The van der Waals surface area contributed by atoms with E-state index >= 15 is 0 Å². The molecule has 1 rings (SSSR count). The highest BCUT2D eigenvalue weighted by molar-refractivity contribution is 7.89. The average molecular weight is 418 g/mol. The van der Waals surface area contributed by atoms with Gasteiger partial charge in [-0.3, -0.25) is 9.69 Å². The topological polar surface area (TPSA) is 69.7 Å². The van der Waals surface area contributed by atoms with Crippen LogP contribution in [0.5, 0.6) is 0 Å². The van der Waals surface area contributed by atoms with Gasteiger partial charge in [0.1, 0.15) is 0 Å². The number of hydrogen-bond acceptors (Lipinski definition) is 4. The van der Waals surface area contributed by atoms with Crippen LogP contribution in [0.2, 0.25) is 5.02 Å². The van der Waals surface area contributed by atoms with Crippen LogP contribution >= 0.6 is 11.6 Å². The second kappa shape index (κ2) is 10.4. The van der Waals surface area contributed by atoms with Crippen molar-refractivity contribution in [3.8, 4) is 0 Å². The minimum atomic E-state index is -3.64. The van der Waals surface area contributed by atoms with Crippen LogP contribution in [0.1, 0.15) is 51.9 Å². The number of nitrogens with one attached hydrogen (secondary N) is 1. The molecule has 1 amide bonds. The lowest BCUT2D eigenvalue weighted by Gasteiger charge is -2.30. The van der Waals surface area contributed by atoms with Crippen molar-refractivity contribution in [3.63, 3.8) is 0 Å². The van der Waals surface area contributed by atoms with E-state index in [0.29, 0.717) is 38.3 Å². The number of carbonyl (C=O) groups excluding carboxylic acids is 1. The van der Waals surface area contributed by atoms with Gasteiger partial charge in [-0.05, 0) is 45.9 Å². The van der Waals surface area contributed by atoms with Gasteiger partial charge >= 0.3 is 0 Å². The number of amides is 1. The predicted octanol–water partition coefficient (Wildman–Crippen LogP) is 3.22. The zero-order chi connectivity index (χ0) is 20.8. The van der Waals surface area contributed by atoms with Gasteiger partial charge in [0.2, 0.25) is 10.0 Å². The van der Waals surface area contributed by atoms with Crippen molar-refractivity contribution in [2.24, 2.45) is 0 Å². The van der Waals surface area contributed by atoms with E-state index in [1.165, 1.54) is 22.5 Å². The van der Waals surface area contributed by atoms with Gasteiger partial charge in [0.25, 0.3) is 5.91 Å². The van der Waals surface area contributed by atoms with Crippen LogP contribution in [0.4, 0.5) is 0 Å². The van der Waals surface area contributed by atoms with Crippen molar-refractivity contribution < 1.29 is 13.2 Å². The maximum Gasteiger partial charge on any atom is 0.252 e. The molecule has 0 unspecified atom stereocenters. The molecule has 1 aromatic carbocycles. The third kappa shape index (κ3) is 6.17. The molecule has 8 heteroatoms. The Morgan fingerprint density at radius 2 is 1.67 bits per heavy atom. The molecule has 1 aromatic rings. The molecule has 0 aromatic heterocycles. The van der Waals surface area contributed by atoms with E-state index in [2.05, 4.69) is 37.9 Å². The molecule has 0 aliphatic carbocycles. The number of benzene rings is 1. The molecule has 1 N–H and O–H groups in total. The first-order valence-electron chi connectivity index (χ1n) is 9.39. The maximum atomic E-state index is 12.7. The molecular formula is C19H32ClN3O3S. The Labute approximate surface area is 168 Å². The molecule has 0 saturated carbocycles. The molecule has 27 heavy (non-hydrogen) atoms. The highest BCUT2D eigenvalue weighted by atomic mass is 35.5. The number of nitrogens with zero attached hydrogens (tertiary/aromatic N) is 2. The van der Waals surface area contributed by atoms with Gasteiger partial charge < -0.3 is 5.32 Å². The van der Waals surface area contributed by atoms with Crippen molar-refractivity contribution in [3.05, 3.63) is 28.8 Å². The minimum Gasteiger partial charge on any atom is -0.351 e. The van der Waals surface area contributed by atoms with Gasteiger partial charge in [-0.15, -0.1) is 0 Å². The molecule has 0 spiro atoms. The van der Waals surface area contributed by atoms with Crippen molar-refractivity contribution in [1.82, 2.24) is 14.5 Å². The van der Waals surface area contributed by atoms with Gasteiger partial charge in [-0.25, -0.2) is 8.42 Å². The van der Waals surface area contributed by atoms with Crippen LogP contribution in [0.3, 0.4) is 0 Å². The fraction of sp³-hybridized carbons (Fsp3) is 0.632. The van der Waals surface area contributed by atoms with Gasteiger partial charge in [-0.1, -0.05) is 25.4 Å². The van der Waals surface area contributed by atoms with Crippen molar-refractivity contribution in [2.75, 3.05) is 26.2 Å². The van der Waals surface area contributed by atoms with Crippen LogP contribution in [0, 0.1) is 0 Å². The van der Waals surface area contributed by atoms with Crippen LogP contribution in [0.15, 0.2) is 23.1 Å². The molecular weight excluding hydrogens is 386 g/mol. The summed E-state index contributed by atoms with van der Waals surface area (Å²) in [6.45, 7) is 13.9. The Hall–Kier alpha value is -1.15. The quantitative estimate of drug-likeness (QED) is 0.634. The first-order chi connectivity index (χ1) is 12.6. The standard InChI is InChI=1S/C19H32ClN3O3S/c1-7-22(8-2)27(25,26)16-9-10-18(20)17(13-16)19(24)21-11-12-23(14(3)4)15(5)6/h9-10,13-15H,7-8,11-12H2,1-6H3,(H,21,24). The van der Waals surface area contributed by atoms with Gasteiger partial charge in [-0.2, -0.15) is 4.31 Å². The molecule has 0 bridgehead atoms. The van der Waals surface area contributed by atoms with Crippen LogP contribution in [0.25, 0.3) is 0 Å². The van der Waals surface area contributed by atoms with E-state index in [-0.39, 0.29) is 21.4 Å². The van der Waals surface area contributed by atoms with E-state index in [9.17, 15) is 13.2 Å². The zero-order valence-corrected chi connectivity index (χ0v) is 18.7. The predicted molar refractivity (Wildman–Crippen MR) is 111 cm³/mol. The summed E-state index contributed by atoms with van der Waals surface area (Å²) in [5, 5.41) is 3.07. The zero-order valence-electron chi connectivity index (χ0n) is 17.1. The summed E-state index contributed by atoms with van der Waals surface area (Å²) < 4.78 is 26.7. The number of sulfonamides is 1. The first kappa shape index (κ1) is 23.9. The monoisotopic (exact) mass is 417 g/mol. The van der Waals surface area contributed by atoms with E-state index < -0.39 is 10.0 Å². The van der Waals surface area contributed by atoms with Crippen molar-refractivity contribution >= 4 is 27.5 Å². The molecule has 0 saturated heterocycles. The number of rotatable bonds is 10. The van der Waals surface area contributed by atoms with Gasteiger partial charge in [0, 0.05) is 38.3 Å². The summed E-state index contributed by atoms with van der Waals surface area (Å²) in [7, 11) is -3.64. The summed E-state index contributed by atoms with van der Waals surface area (Å²) in [6.07, 6.45) is 0. The van der Waals surface area contributed by atoms with Crippen LogP contribution < -0.4 is 5.32 Å². The summed E-state index contributed by atoms with van der Waals surface area (Å²) in [5.41, 5.74) is 0.172. The van der Waals surface area contributed by atoms with E-state index in [1.807, 2.05) is 0 Å². The summed E-state index contributed by atoms with van der Waals surface area (Å²) >= 11 is 6.15. The summed E-state index contributed by atoms with van der Waals surface area (Å²) in [5.74, 6) is -0.371. The lowest BCUT2D eigenvalue weighted by Crippen LogP contribution is -2.42. The Bertz CT molecular complexity index is 724. The Morgan fingerprint density at radius 1 is 1.11 bits per heavy atom. The summed E-state index contributed by atoms with van der Waals surface area (Å²) in [4.78, 5) is 14.9. The normalized spacial score (nSPS) is 12.4. The lowest BCUT2D eigenvalue weighted by molar-refractivity contribution is 0.0939.